The molecule has 0 unspecified atom stereocenters. The summed E-state index contributed by atoms with van der Waals surface area (Å²) in [5.41, 5.74) is 1.41. The lowest BCUT2D eigenvalue weighted by atomic mass is 10.2. The number of morpholine rings is 1. The third kappa shape index (κ3) is 4.99. The Hall–Kier alpha value is -2.80. The topological polar surface area (TPSA) is 119 Å². The van der Waals surface area contributed by atoms with E-state index in [9.17, 15) is 13.2 Å². The Morgan fingerprint density at radius 3 is 2.47 bits per heavy atom. The lowest BCUT2D eigenvalue weighted by Crippen LogP contribution is -2.40. The second-order valence-electron chi connectivity index (χ2n) is 6.98. The van der Waals surface area contributed by atoms with Gasteiger partial charge in [0.2, 0.25) is 15.9 Å². The fraction of sp³-hybridized carbons (Fsp3) is 0.300. The zero-order chi connectivity index (χ0) is 22.6. The van der Waals surface area contributed by atoms with Crippen LogP contribution >= 0.6 is 11.8 Å². The first-order valence-electron chi connectivity index (χ1n) is 9.85. The zero-order valence-electron chi connectivity index (χ0n) is 17.3. The van der Waals surface area contributed by atoms with Gasteiger partial charge in [-0.15, -0.1) is 10.2 Å². The van der Waals surface area contributed by atoms with Crippen molar-refractivity contribution in [2.45, 2.75) is 10.1 Å². The van der Waals surface area contributed by atoms with E-state index < -0.39 is 10.0 Å². The molecule has 2 aromatic heterocycles. The Kier molecular flexibility index (Phi) is 6.84. The highest BCUT2D eigenvalue weighted by Gasteiger charge is 2.26. The summed E-state index contributed by atoms with van der Waals surface area (Å²) in [7, 11) is -1.73. The van der Waals surface area contributed by atoms with Gasteiger partial charge >= 0.3 is 0 Å². The van der Waals surface area contributed by atoms with E-state index in [-0.39, 0.29) is 16.6 Å². The molecule has 1 aliphatic heterocycles. The molecule has 0 spiro atoms. The summed E-state index contributed by atoms with van der Waals surface area (Å²) >= 11 is 1.26. The second-order valence-corrected chi connectivity index (χ2v) is 9.86. The van der Waals surface area contributed by atoms with Crippen molar-refractivity contribution in [2.24, 2.45) is 7.05 Å². The Morgan fingerprint density at radius 1 is 1.09 bits per heavy atom. The number of nitrogens with zero attached hydrogens (tertiary/aromatic N) is 5. The van der Waals surface area contributed by atoms with Crippen LogP contribution in [0.1, 0.15) is 0 Å². The summed E-state index contributed by atoms with van der Waals surface area (Å²) in [5, 5.41) is 11.7. The number of nitrogens with one attached hydrogen (secondary N) is 1. The van der Waals surface area contributed by atoms with Gasteiger partial charge in [0.15, 0.2) is 11.0 Å². The monoisotopic (exact) mass is 474 g/mol. The number of ether oxygens (including phenoxy) is 1. The van der Waals surface area contributed by atoms with Crippen LogP contribution < -0.4 is 5.32 Å². The van der Waals surface area contributed by atoms with E-state index in [4.69, 9.17) is 4.74 Å². The molecule has 32 heavy (non-hydrogen) atoms. The number of rotatable bonds is 7. The number of pyridine rings is 1. The summed E-state index contributed by atoms with van der Waals surface area (Å²) < 4.78 is 33.8. The molecule has 0 atom stereocenters. The van der Waals surface area contributed by atoms with Crippen molar-refractivity contribution in [3.05, 3.63) is 48.8 Å². The summed E-state index contributed by atoms with van der Waals surface area (Å²) in [6, 6.07) is 9.84. The van der Waals surface area contributed by atoms with Gasteiger partial charge < -0.3 is 14.6 Å². The SMILES string of the molecule is Cn1c(SCC(=O)Nc2ccc(S(=O)(=O)N3CCOCC3)cc2)nnc1-c1ccncc1. The fourth-order valence-corrected chi connectivity index (χ4v) is 5.29. The molecule has 1 saturated heterocycles. The molecular formula is C20H22N6O4S2. The van der Waals surface area contributed by atoms with Crippen LogP contribution in [0.25, 0.3) is 11.4 Å². The van der Waals surface area contributed by atoms with Crippen molar-refractivity contribution in [2.75, 3.05) is 37.4 Å². The number of carbonyl (C=O) groups is 1. The van der Waals surface area contributed by atoms with Gasteiger partial charge in [0.05, 0.1) is 23.9 Å². The van der Waals surface area contributed by atoms with Crippen molar-refractivity contribution in [3.8, 4) is 11.4 Å². The molecule has 0 radical (unpaired) electrons. The molecule has 10 nitrogen and oxygen atoms in total. The van der Waals surface area contributed by atoms with Gasteiger partial charge in [0.25, 0.3) is 0 Å². The van der Waals surface area contributed by atoms with E-state index in [0.29, 0.717) is 43.0 Å². The minimum absolute atomic E-state index is 0.135. The first-order valence-corrected chi connectivity index (χ1v) is 12.3. The number of benzene rings is 1. The van der Waals surface area contributed by atoms with Crippen molar-refractivity contribution in [3.63, 3.8) is 0 Å². The Morgan fingerprint density at radius 2 is 1.78 bits per heavy atom. The maximum Gasteiger partial charge on any atom is 0.243 e. The summed E-state index contributed by atoms with van der Waals surface area (Å²) in [6.45, 7) is 1.45. The molecule has 1 aromatic carbocycles. The van der Waals surface area contributed by atoms with Crippen LogP contribution in [-0.2, 0) is 26.6 Å². The number of carbonyl (C=O) groups excluding carboxylic acids is 1. The minimum Gasteiger partial charge on any atom is -0.379 e. The molecule has 1 amide bonds. The molecular weight excluding hydrogens is 452 g/mol. The first kappa shape index (κ1) is 22.4. The quantitative estimate of drug-likeness (QED) is 0.513. The molecule has 168 valence electrons. The molecule has 1 aliphatic rings. The molecule has 1 fully saturated rings. The van der Waals surface area contributed by atoms with Crippen LogP contribution in [0.2, 0.25) is 0 Å². The summed E-state index contributed by atoms with van der Waals surface area (Å²) in [4.78, 5) is 16.5. The van der Waals surface area contributed by atoms with Gasteiger partial charge in [-0.3, -0.25) is 9.78 Å². The van der Waals surface area contributed by atoms with Crippen LogP contribution in [0.5, 0.6) is 0 Å². The molecule has 1 N–H and O–H groups in total. The lowest BCUT2D eigenvalue weighted by molar-refractivity contribution is -0.113. The molecule has 12 heteroatoms. The number of thioether (sulfide) groups is 1. The van der Waals surface area contributed by atoms with Gasteiger partial charge in [0, 0.05) is 43.8 Å². The molecule has 3 aromatic rings. The average molecular weight is 475 g/mol. The summed E-state index contributed by atoms with van der Waals surface area (Å²) in [6.07, 6.45) is 3.36. The number of aromatic nitrogens is 4. The van der Waals surface area contributed by atoms with Crippen LogP contribution in [-0.4, -0.2) is 70.4 Å². The van der Waals surface area contributed by atoms with E-state index in [0.717, 1.165) is 5.56 Å². The number of anilines is 1. The standard InChI is InChI=1S/C20H22N6O4S2/c1-25-19(15-6-8-21-9-7-15)23-24-20(25)31-14-18(27)22-16-2-4-17(5-3-16)32(28,29)26-10-12-30-13-11-26/h2-9H,10-14H2,1H3,(H,22,27). The van der Waals surface area contributed by atoms with Gasteiger partial charge in [-0.25, -0.2) is 8.42 Å². The smallest absolute Gasteiger partial charge is 0.243 e. The summed E-state index contributed by atoms with van der Waals surface area (Å²) in [5.74, 6) is 0.593. The van der Waals surface area contributed by atoms with Crippen LogP contribution in [0.15, 0.2) is 58.8 Å². The molecule has 3 heterocycles. The molecule has 0 aliphatic carbocycles. The lowest BCUT2D eigenvalue weighted by Gasteiger charge is -2.26. The third-order valence-electron chi connectivity index (χ3n) is 4.85. The number of sulfonamides is 1. The Labute approximate surface area is 190 Å². The van der Waals surface area contributed by atoms with Crippen molar-refractivity contribution in [1.82, 2.24) is 24.1 Å². The van der Waals surface area contributed by atoms with Gasteiger partial charge in [-0.2, -0.15) is 4.31 Å². The van der Waals surface area contributed by atoms with E-state index in [1.807, 2.05) is 23.7 Å². The van der Waals surface area contributed by atoms with E-state index in [1.165, 1.54) is 28.2 Å². The van der Waals surface area contributed by atoms with E-state index in [1.54, 1.807) is 24.5 Å². The zero-order valence-corrected chi connectivity index (χ0v) is 19.0. The number of hydrogen-bond donors (Lipinski definition) is 1. The van der Waals surface area contributed by atoms with Gasteiger partial charge in [-0.05, 0) is 36.4 Å². The average Bonchev–Trinajstić information content (AvgIpc) is 3.19. The number of hydrogen-bond acceptors (Lipinski definition) is 8. The van der Waals surface area contributed by atoms with Crippen molar-refractivity contribution < 1.29 is 17.9 Å². The maximum absolute atomic E-state index is 12.7. The Balaban J connectivity index is 1.34. The highest BCUT2D eigenvalue weighted by Crippen LogP contribution is 2.23. The molecule has 0 bridgehead atoms. The Bertz CT molecular complexity index is 1180. The van der Waals surface area contributed by atoms with Crippen molar-refractivity contribution in [1.29, 1.82) is 0 Å². The molecule has 4 rings (SSSR count). The van der Waals surface area contributed by atoms with E-state index >= 15 is 0 Å². The fourth-order valence-electron chi connectivity index (χ4n) is 3.17. The highest BCUT2D eigenvalue weighted by molar-refractivity contribution is 7.99. The van der Waals surface area contributed by atoms with Crippen molar-refractivity contribution >= 4 is 33.4 Å². The number of amides is 1. The third-order valence-corrected chi connectivity index (χ3v) is 7.78. The van der Waals surface area contributed by atoms with Crippen LogP contribution in [0.3, 0.4) is 0 Å². The first-order chi connectivity index (χ1) is 15.4. The van der Waals surface area contributed by atoms with Crippen LogP contribution in [0, 0.1) is 0 Å². The predicted molar refractivity (Wildman–Crippen MR) is 120 cm³/mol. The van der Waals surface area contributed by atoms with E-state index in [2.05, 4.69) is 20.5 Å². The largest absolute Gasteiger partial charge is 0.379 e. The highest BCUT2D eigenvalue weighted by atomic mass is 32.2. The van der Waals surface area contributed by atoms with Crippen LogP contribution in [0.4, 0.5) is 5.69 Å². The maximum atomic E-state index is 12.7. The predicted octanol–water partition coefficient (Wildman–Crippen LogP) is 1.63. The minimum atomic E-state index is -3.56. The van der Waals surface area contributed by atoms with Gasteiger partial charge in [0.1, 0.15) is 0 Å². The molecule has 0 saturated carbocycles. The van der Waals surface area contributed by atoms with Gasteiger partial charge in [-0.1, -0.05) is 11.8 Å². The second kappa shape index (κ2) is 9.77. The normalized spacial score (nSPS) is 14.9.